The second-order valence-electron chi connectivity index (χ2n) is 4.39. The zero-order valence-electron chi connectivity index (χ0n) is 13.0. The predicted molar refractivity (Wildman–Crippen MR) is 75.9 cm³/mol. The summed E-state index contributed by atoms with van der Waals surface area (Å²) in [7, 11) is 0. The Labute approximate surface area is 119 Å². The highest BCUT2D eigenvalue weighted by atomic mass is 19.1. The van der Waals surface area contributed by atoms with Crippen LogP contribution >= 0.6 is 0 Å². The molecule has 0 fully saturated rings. The summed E-state index contributed by atoms with van der Waals surface area (Å²) in [5.41, 5.74) is 1.61. The molecular weight excluding hydrogens is 257 g/mol. The predicted octanol–water partition coefficient (Wildman–Crippen LogP) is 2.88. The van der Waals surface area contributed by atoms with Crippen LogP contribution < -0.4 is 5.32 Å². The molecule has 2 rings (SSSR count). The molecule has 0 aliphatic rings. The average Bonchev–Trinajstić information content (AvgIpc) is 2.39. The number of nitrogens with one attached hydrogen (secondary N) is 1. The van der Waals surface area contributed by atoms with Crippen molar-refractivity contribution in [3.05, 3.63) is 53.8 Å². The van der Waals surface area contributed by atoms with E-state index in [1.807, 2.05) is 0 Å². The van der Waals surface area contributed by atoms with E-state index in [1.165, 1.54) is 31.2 Å². The number of aryl methyl sites for hydroxylation is 1. The monoisotopic (exact) mass is 275 g/mol. The van der Waals surface area contributed by atoms with Gasteiger partial charge in [-0.05, 0) is 47.4 Å². The van der Waals surface area contributed by atoms with Gasteiger partial charge in [0, 0.05) is 16.2 Å². The van der Waals surface area contributed by atoms with E-state index in [2.05, 4.69) is 5.32 Å². The van der Waals surface area contributed by atoms with Gasteiger partial charge in [-0.25, -0.2) is 4.39 Å². The third kappa shape index (κ3) is 3.57. The first-order chi connectivity index (χ1) is 10.3. The molecule has 0 atom stereocenters. The van der Waals surface area contributed by atoms with Crippen molar-refractivity contribution in [3.63, 3.8) is 0 Å². The van der Waals surface area contributed by atoms with Crippen LogP contribution in [0.25, 0.3) is 11.1 Å². The van der Waals surface area contributed by atoms with Crippen molar-refractivity contribution in [3.8, 4) is 16.9 Å². The van der Waals surface area contributed by atoms with Crippen LogP contribution in [-0.4, -0.2) is 17.5 Å². The van der Waals surface area contributed by atoms with Crippen LogP contribution in [0.3, 0.4) is 0 Å². The van der Waals surface area contributed by atoms with Crippen molar-refractivity contribution in [1.82, 2.24) is 5.32 Å². The first-order valence-electron chi connectivity index (χ1n) is 7.13. The molecule has 4 heteroatoms. The second-order valence-corrected chi connectivity index (χ2v) is 4.39. The zero-order chi connectivity index (χ0) is 16.3. The maximum absolute atomic E-state index is 13.4. The van der Waals surface area contributed by atoms with Gasteiger partial charge in [0.1, 0.15) is 11.6 Å². The van der Waals surface area contributed by atoms with Gasteiger partial charge in [-0.15, -0.1) is 0 Å². The van der Waals surface area contributed by atoms with Gasteiger partial charge in [-0.2, -0.15) is 0 Å². The summed E-state index contributed by atoms with van der Waals surface area (Å²) in [6.45, 7) is -0.701. The van der Waals surface area contributed by atoms with Crippen LogP contribution in [0.2, 0.25) is 0 Å². The lowest BCUT2D eigenvalue weighted by Gasteiger charge is -2.11. The molecule has 0 radical (unpaired) electrons. The number of halogens is 1. The Balaban J connectivity index is 2.42. The third-order valence-corrected chi connectivity index (χ3v) is 2.77. The van der Waals surface area contributed by atoms with E-state index >= 15 is 0 Å². The number of benzene rings is 2. The Morgan fingerprint density at radius 2 is 2.15 bits per heavy atom. The fourth-order valence-corrected chi connectivity index (χ4v) is 1.91. The number of hydrogen-bond donors (Lipinski definition) is 2. The Morgan fingerprint density at radius 1 is 1.35 bits per heavy atom. The largest absolute Gasteiger partial charge is 0.508 e. The van der Waals surface area contributed by atoms with Crippen molar-refractivity contribution >= 4 is 5.91 Å². The zero-order valence-corrected chi connectivity index (χ0v) is 11.0. The van der Waals surface area contributed by atoms with Crippen molar-refractivity contribution in [2.45, 2.75) is 13.3 Å². The molecule has 1 amide bonds. The molecule has 104 valence electrons. The van der Waals surface area contributed by atoms with Crippen LogP contribution in [0, 0.1) is 5.82 Å². The maximum atomic E-state index is 13.4. The molecule has 2 N–H and O–H groups in total. The quantitative estimate of drug-likeness (QED) is 0.901. The Bertz CT molecular complexity index is 704. The van der Waals surface area contributed by atoms with Crippen LogP contribution in [0.5, 0.6) is 5.75 Å². The van der Waals surface area contributed by atoms with Crippen molar-refractivity contribution in [1.29, 1.82) is 0 Å². The van der Waals surface area contributed by atoms with E-state index in [-0.39, 0.29) is 12.2 Å². The molecule has 3 nitrogen and oxygen atoms in total. The lowest BCUT2D eigenvalue weighted by molar-refractivity contribution is -0.118. The van der Waals surface area contributed by atoms with Gasteiger partial charge in [-0.3, -0.25) is 4.79 Å². The highest BCUT2D eigenvalue weighted by Gasteiger charge is 2.07. The summed E-state index contributed by atoms with van der Waals surface area (Å²) in [5.74, 6) is -0.893. The molecular formula is C16H16FNO2. The smallest absolute Gasteiger partial charge is 0.216 e. The summed E-state index contributed by atoms with van der Waals surface area (Å²) >= 11 is 0. The second kappa shape index (κ2) is 6.19. The van der Waals surface area contributed by atoms with E-state index in [9.17, 15) is 14.3 Å². The van der Waals surface area contributed by atoms with Gasteiger partial charge in [0.2, 0.25) is 5.91 Å². The minimum Gasteiger partial charge on any atom is -0.508 e. The number of phenols is 1. The molecule has 0 aliphatic heterocycles. The Morgan fingerprint density at radius 3 is 2.85 bits per heavy atom. The number of rotatable bonds is 4. The van der Waals surface area contributed by atoms with Crippen molar-refractivity contribution < 1.29 is 17.0 Å². The minimum absolute atomic E-state index is 0.00287. The highest BCUT2D eigenvalue weighted by molar-refractivity contribution is 5.73. The molecule has 0 spiro atoms. The highest BCUT2D eigenvalue weighted by Crippen LogP contribution is 2.28. The summed E-state index contributed by atoms with van der Waals surface area (Å²) in [6.07, 6.45) is -0.0985. The van der Waals surface area contributed by atoms with Gasteiger partial charge in [0.15, 0.2) is 0 Å². The van der Waals surface area contributed by atoms with Gasteiger partial charge in [0.05, 0.1) is 0 Å². The summed E-state index contributed by atoms with van der Waals surface area (Å²) in [4.78, 5) is 11.1. The number of carbonyl (C=O) groups is 1. The lowest BCUT2D eigenvalue weighted by atomic mass is 9.97. The van der Waals surface area contributed by atoms with Gasteiger partial charge >= 0.3 is 0 Å². The molecule has 20 heavy (non-hydrogen) atoms. The molecule has 2 aromatic rings. The maximum Gasteiger partial charge on any atom is 0.216 e. The van der Waals surface area contributed by atoms with Crippen LogP contribution in [-0.2, 0) is 11.2 Å². The molecule has 0 unspecified atom stereocenters. The van der Waals surface area contributed by atoms with Crippen LogP contribution in [0.15, 0.2) is 42.5 Å². The van der Waals surface area contributed by atoms with E-state index in [0.717, 1.165) is 0 Å². The number of carbonyl (C=O) groups excluding carboxylic acids is 1. The number of amides is 1. The van der Waals surface area contributed by atoms with E-state index in [4.69, 9.17) is 2.74 Å². The van der Waals surface area contributed by atoms with E-state index < -0.39 is 18.2 Å². The SMILES string of the molecule is [2H]C([2H])(Cc1ccc(O)cc1-c1cccc(F)c1)NC(C)=O. The van der Waals surface area contributed by atoms with Crippen molar-refractivity contribution in [2.75, 3.05) is 6.50 Å². The lowest BCUT2D eigenvalue weighted by Crippen LogP contribution is -2.22. The molecule has 0 saturated heterocycles. The minimum atomic E-state index is -1.94. The number of hydrogen-bond acceptors (Lipinski definition) is 2. The summed E-state index contributed by atoms with van der Waals surface area (Å²) in [5, 5.41) is 11.9. The molecule has 2 aromatic carbocycles. The molecule has 0 heterocycles. The Hall–Kier alpha value is -2.36. The molecule has 0 aromatic heterocycles. The topological polar surface area (TPSA) is 49.3 Å². The molecule has 0 saturated carbocycles. The third-order valence-electron chi connectivity index (χ3n) is 2.77. The van der Waals surface area contributed by atoms with Crippen LogP contribution in [0.1, 0.15) is 15.2 Å². The van der Waals surface area contributed by atoms with E-state index in [1.54, 1.807) is 18.2 Å². The fourth-order valence-electron chi connectivity index (χ4n) is 1.91. The van der Waals surface area contributed by atoms with Gasteiger partial charge in [0.25, 0.3) is 0 Å². The fraction of sp³-hybridized carbons (Fsp3) is 0.188. The van der Waals surface area contributed by atoms with Gasteiger partial charge < -0.3 is 10.4 Å². The Kier molecular flexibility index (Phi) is 3.55. The first-order valence-corrected chi connectivity index (χ1v) is 6.13. The first kappa shape index (κ1) is 11.5. The molecule has 0 aliphatic carbocycles. The summed E-state index contributed by atoms with van der Waals surface area (Å²) in [6, 6.07) is 10.3. The molecule has 0 bridgehead atoms. The number of aromatic hydroxyl groups is 1. The van der Waals surface area contributed by atoms with Crippen LogP contribution in [0.4, 0.5) is 4.39 Å². The number of phenolic OH excluding ortho intramolecular Hbond substituents is 1. The average molecular weight is 275 g/mol. The summed E-state index contributed by atoms with van der Waals surface area (Å²) < 4.78 is 29.1. The van der Waals surface area contributed by atoms with E-state index in [0.29, 0.717) is 16.7 Å². The van der Waals surface area contributed by atoms with Gasteiger partial charge in [-0.1, -0.05) is 18.2 Å². The van der Waals surface area contributed by atoms with Crippen molar-refractivity contribution in [2.24, 2.45) is 0 Å². The standard InChI is InChI=1S/C16H16FNO2/c1-11(19)18-8-7-12-5-6-15(20)10-16(12)13-3-2-4-14(17)9-13/h2-6,9-10,20H,7-8H2,1H3,(H,18,19)/i8D2. The normalized spacial score (nSPS) is 12.5.